The van der Waals surface area contributed by atoms with Crippen molar-refractivity contribution >= 4 is 16.0 Å². The van der Waals surface area contributed by atoms with E-state index in [1.165, 1.54) is 32.8 Å². The van der Waals surface area contributed by atoms with E-state index in [1.54, 1.807) is 35.1 Å². The van der Waals surface area contributed by atoms with E-state index in [1.807, 2.05) is 6.92 Å². The van der Waals surface area contributed by atoms with Crippen LogP contribution in [-0.2, 0) is 21.3 Å². The van der Waals surface area contributed by atoms with E-state index in [0.29, 0.717) is 29.4 Å². The van der Waals surface area contributed by atoms with Crippen LogP contribution in [0.3, 0.4) is 0 Å². The summed E-state index contributed by atoms with van der Waals surface area (Å²) in [5.74, 6) is 0.206. The van der Waals surface area contributed by atoms with Gasteiger partial charge in [-0.25, -0.2) is 22.8 Å². The zero-order valence-electron chi connectivity index (χ0n) is 21.4. The predicted octanol–water partition coefficient (Wildman–Crippen LogP) is 2.61. The second kappa shape index (κ2) is 11.1. The van der Waals surface area contributed by atoms with Crippen LogP contribution in [0, 0.1) is 5.82 Å². The van der Waals surface area contributed by atoms with Gasteiger partial charge >= 0.3 is 0 Å². The summed E-state index contributed by atoms with van der Waals surface area (Å²) in [6, 6.07) is 6.86. The van der Waals surface area contributed by atoms with E-state index in [4.69, 9.17) is 14.2 Å². The third-order valence-electron chi connectivity index (χ3n) is 5.78. The second-order valence-electron chi connectivity index (χ2n) is 8.02. The molecule has 2 unspecified atom stereocenters. The fourth-order valence-electron chi connectivity index (χ4n) is 3.80. The maximum Gasteiger partial charge on any atom is 0.243 e. The number of ether oxygens (including phenoxy) is 3. The van der Waals surface area contributed by atoms with Crippen molar-refractivity contribution in [1.29, 1.82) is 0 Å². The second-order valence-corrected chi connectivity index (χ2v) is 10.1. The number of nitrogens with one attached hydrogen (secondary N) is 1. The number of aromatic nitrogens is 7. The Balaban J connectivity index is 1.83. The van der Waals surface area contributed by atoms with Crippen molar-refractivity contribution in [3.8, 4) is 28.7 Å². The fraction of sp³-hybridized carbons (Fsp3) is 0.348. The molecule has 0 aliphatic rings. The van der Waals surface area contributed by atoms with Crippen molar-refractivity contribution in [3.63, 3.8) is 0 Å². The molecule has 4 aromatic rings. The molecule has 1 aromatic carbocycles. The van der Waals surface area contributed by atoms with Gasteiger partial charge in [0.25, 0.3) is 0 Å². The largest absolute Gasteiger partial charge is 0.494 e. The minimum absolute atomic E-state index is 0.00503. The molecule has 0 spiro atoms. The summed E-state index contributed by atoms with van der Waals surface area (Å²) in [5, 5.41) is 11.7. The van der Waals surface area contributed by atoms with Gasteiger partial charge in [0.15, 0.2) is 17.5 Å². The molecule has 202 valence electrons. The quantitative estimate of drug-likeness (QED) is 0.298. The Labute approximate surface area is 218 Å². The van der Waals surface area contributed by atoms with Crippen LogP contribution in [0.4, 0.5) is 10.3 Å². The summed E-state index contributed by atoms with van der Waals surface area (Å²) in [6.07, 6.45) is 2.54. The highest BCUT2D eigenvalue weighted by Gasteiger charge is 2.35. The molecule has 0 radical (unpaired) electrons. The SMILES string of the molecule is CCn1ccc(-c2nnc(NS(=O)(=O)C(C)C(OC)c3ncc(F)cn3)n2-c2c(OC)cccc2OC)n1. The number of para-hydroxylation sites is 1. The average Bonchev–Trinajstić information content (AvgIpc) is 3.56. The van der Waals surface area contributed by atoms with E-state index >= 15 is 0 Å². The smallest absolute Gasteiger partial charge is 0.243 e. The number of benzene rings is 1. The van der Waals surface area contributed by atoms with E-state index in [9.17, 15) is 12.8 Å². The first-order valence-electron chi connectivity index (χ1n) is 11.5. The highest BCUT2D eigenvalue weighted by molar-refractivity contribution is 7.93. The number of hydrogen-bond donors (Lipinski definition) is 1. The van der Waals surface area contributed by atoms with Crippen molar-refractivity contribution in [2.45, 2.75) is 31.7 Å². The number of methoxy groups -OCH3 is 3. The molecule has 38 heavy (non-hydrogen) atoms. The molecule has 15 heteroatoms. The lowest BCUT2D eigenvalue weighted by Crippen LogP contribution is -2.33. The van der Waals surface area contributed by atoms with Crippen LogP contribution in [0.15, 0.2) is 42.9 Å². The van der Waals surface area contributed by atoms with Crippen LogP contribution in [0.5, 0.6) is 11.5 Å². The zero-order valence-corrected chi connectivity index (χ0v) is 22.2. The Bertz CT molecular complexity index is 1480. The van der Waals surface area contributed by atoms with Crippen molar-refractivity contribution in [3.05, 3.63) is 54.5 Å². The lowest BCUT2D eigenvalue weighted by atomic mass is 10.2. The monoisotopic (exact) mass is 546 g/mol. The Morgan fingerprint density at radius 2 is 1.71 bits per heavy atom. The third-order valence-corrected chi connectivity index (χ3v) is 7.47. The Hall–Kier alpha value is -4.11. The molecule has 3 aromatic heterocycles. The first-order valence-corrected chi connectivity index (χ1v) is 13.0. The topological polar surface area (TPSA) is 148 Å². The normalized spacial score (nSPS) is 13.2. The van der Waals surface area contributed by atoms with Gasteiger partial charge in [-0.1, -0.05) is 6.07 Å². The maximum atomic E-state index is 13.5. The van der Waals surface area contributed by atoms with Crippen LogP contribution in [-0.4, -0.2) is 69.5 Å². The molecule has 0 fully saturated rings. The fourth-order valence-corrected chi connectivity index (χ4v) is 4.93. The highest BCUT2D eigenvalue weighted by Crippen LogP contribution is 2.37. The predicted molar refractivity (Wildman–Crippen MR) is 135 cm³/mol. The lowest BCUT2D eigenvalue weighted by Gasteiger charge is -2.22. The zero-order chi connectivity index (χ0) is 27.4. The first kappa shape index (κ1) is 26.9. The van der Waals surface area contributed by atoms with Crippen LogP contribution < -0.4 is 14.2 Å². The van der Waals surface area contributed by atoms with Crippen molar-refractivity contribution in [2.24, 2.45) is 0 Å². The Morgan fingerprint density at radius 3 is 2.26 bits per heavy atom. The minimum Gasteiger partial charge on any atom is -0.494 e. The lowest BCUT2D eigenvalue weighted by molar-refractivity contribution is 0.0948. The summed E-state index contributed by atoms with van der Waals surface area (Å²) in [5.41, 5.74) is 0.805. The highest BCUT2D eigenvalue weighted by atomic mass is 32.2. The third kappa shape index (κ3) is 5.15. The van der Waals surface area contributed by atoms with Crippen LogP contribution in [0.2, 0.25) is 0 Å². The summed E-state index contributed by atoms with van der Waals surface area (Å²) in [7, 11) is 0.0692. The minimum atomic E-state index is -4.20. The van der Waals surface area contributed by atoms with Crippen LogP contribution in [0.25, 0.3) is 17.2 Å². The molecular formula is C23H27FN8O5S. The van der Waals surface area contributed by atoms with Gasteiger partial charge in [-0.3, -0.25) is 14.0 Å². The number of halogens is 1. The van der Waals surface area contributed by atoms with E-state index < -0.39 is 27.2 Å². The molecule has 0 aliphatic carbocycles. The van der Waals surface area contributed by atoms with Crippen molar-refractivity contribution in [2.75, 3.05) is 26.1 Å². The van der Waals surface area contributed by atoms with Gasteiger partial charge in [-0.2, -0.15) is 5.10 Å². The first-order chi connectivity index (χ1) is 18.2. The summed E-state index contributed by atoms with van der Waals surface area (Å²) in [6.45, 7) is 3.97. The molecule has 4 rings (SSSR count). The van der Waals surface area contributed by atoms with E-state index in [0.717, 1.165) is 12.4 Å². The number of anilines is 1. The number of hydrogen-bond acceptors (Lipinski definition) is 10. The van der Waals surface area contributed by atoms with Crippen molar-refractivity contribution in [1.82, 2.24) is 34.5 Å². The van der Waals surface area contributed by atoms with Crippen LogP contribution >= 0.6 is 0 Å². The Morgan fingerprint density at radius 1 is 1.05 bits per heavy atom. The molecule has 1 N–H and O–H groups in total. The maximum absolute atomic E-state index is 13.5. The van der Waals surface area contributed by atoms with Crippen molar-refractivity contribution < 1.29 is 27.0 Å². The standard InChI is InChI=1S/C23H27FN8O5S/c1-6-31-11-10-16(29-31)22-27-28-23(32(22)19-17(35-3)8-7-9-18(19)36-4)30-38(33,34)14(2)20(37-5)21-25-12-15(24)13-26-21/h7-14,20H,6H2,1-5H3,(H,28,30). The number of aryl methyl sites for hydroxylation is 1. The molecule has 3 heterocycles. The molecule has 0 aliphatic heterocycles. The van der Waals surface area contributed by atoms with Gasteiger partial charge in [0.2, 0.25) is 16.0 Å². The van der Waals surface area contributed by atoms with Gasteiger partial charge in [-0.15, -0.1) is 10.2 Å². The van der Waals surface area contributed by atoms with Gasteiger partial charge in [-0.05, 0) is 32.0 Å². The molecule has 0 amide bonds. The molecule has 2 atom stereocenters. The number of nitrogens with zero attached hydrogens (tertiary/aromatic N) is 7. The van der Waals surface area contributed by atoms with Gasteiger partial charge < -0.3 is 14.2 Å². The summed E-state index contributed by atoms with van der Waals surface area (Å²) < 4.78 is 62.6. The van der Waals surface area contributed by atoms with Gasteiger partial charge in [0.05, 0.1) is 26.6 Å². The Kier molecular flexibility index (Phi) is 7.87. The number of rotatable bonds is 11. The average molecular weight is 547 g/mol. The molecule has 0 bridgehead atoms. The molecule has 13 nitrogen and oxygen atoms in total. The summed E-state index contributed by atoms with van der Waals surface area (Å²) in [4.78, 5) is 7.75. The van der Waals surface area contributed by atoms with Gasteiger partial charge in [0, 0.05) is 19.9 Å². The van der Waals surface area contributed by atoms with E-state index in [-0.39, 0.29) is 17.6 Å². The van der Waals surface area contributed by atoms with Gasteiger partial charge in [0.1, 0.15) is 34.2 Å². The number of sulfonamides is 1. The molecular weight excluding hydrogens is 519 g/mol. The summed E-state index contributed by atoms with van der Waals surface area (Å²) >= 11 is 0. The van der Waals surface area contributed by atoms with Crippen LogP contribution in [0.1, 0.15) is 25.8 Å². The molecule has 0 saturated heterocycles. The molecule has 0 saturated carbocycles. The van der Waals surface area contributed by atoms with E-state index in [2.05, 4.69) is 30.0 Å².